The fourth-order valence-corrected chi connectivity index (χ4v) is 5.63. The average Bonchev–Trinajstić information content (AvgIpc) is 2.92. The largest absolute Gasteiger partial charge is 0.495 e. The van der Waals surface area contributed by atoms with Gasteiger partial charge < -0.3 is 20.1 Å². The first-order valence-corrected chi connectivity index (χ1v) is 13.6. The van der Waals surface area contributed by atoms with E-state index in [9.17, 15) is 14.7 Å². The molecule has 0 saturated carbocycles. The lowest BCUT2D eigenvalue weighted by Gasteiger charge is -2.36. The number of aliphatic hydroxyl groups excluding tert-OH is 1. The fraction of sp³-hybridized carbons (Fsp3) is 0.393. The van der Waals surface area contributed by atoms with Gasteiger partial charge in [0.2, 0.25) is 5.91 Å². The Morgan fingerprint density at radius 2 is 1.87 bits per heavy atom. The third-order valence-electron chi connectivity index (χ3n) is 7.22. The lowest BCUT2D eigenvalue weighted by molar-refractivity contribution is -0.117. The van der Waals surface area contributed by atoms with Crippen molar-refractivity contribution in [2.75, 3.05) is 64.8 Å². The Bertz CT molecular complexity index is 1340. The van der Waals surface area contributed by atoms with Crippen molar-refractivity contribution in [1.29, 1.82) is 0 Å². The van der Waals surface area contributed by atoms with Gasteiger partial charge in [0.25, 0.3) is 5.91 Å². The molecule has 0 atom stereocenters. The van der Waals surface area contributed by atoms with Crippen molar-refractivity contribution in [3.05, 3.63) is 63.8 Å². The minimum absolute atomic E-state index is 0.00803. The zero-order valence-electron chi connectivity index (χ0n) is 21.5. The van der Waals surface area contributed by atoms with Crippen molar-refractivity contribution in [1.82, 2.24) is 19.7 Å². The molecule has 0 bridgehead atoms. The number of aliphatic hydroxyl groups is 1. The van der Waals surface area contributed by atoms with Crippen LogP contribution in [-0.2, 0) is 17.8 Å². The van der Waals surface area contributed by atoms with Gasteiger partial charge in [-0.25, -0.2) is 0 Å². The van der Waals surface area contributed by atoms with Gasteiger partial charge in [-0.3, -0.25) is 24.4 Å². The molecule has 3 heterocycles. The lowest BCUT2D eigenvalue weighted by atomic mass is 9.94. The number of carbonyl (C=O) groups excluding carboxylic acids is 2. The minimum atomic E-state index is -0.147. The molecule has 1 fully saturated rings. The highest BCUT2D eigenvalue weighted by atomic mass is 79.9. The maximum atomic E-state index is 13.9. The predicted octanol–water partition coefficient (Wildman–Crippen LogP) is 2.75. The summed E-state index contributed by atoms with van der Waals surface area (Å²) < 4.78 is 6.23. The first-order chi connectivity index (χ1) is 18.5. The quantitative estimate of drug-likeness (QED) is 0.442. The summed E-state index contributed by atoms with van der Waals surface area (Å²) in [5, 5.41) is 13.1. The molecule has 1 saturated heterocycles. The predicted molar refractivity (Wildman–Crippen MR) is 149 cm³/mol. The molecule has 38 heavy (non-hydrogen) atoms. The van der Waals surface area contributed by atoms with Gasteiger partial charge in [-0.1, -0.05) is 34.1 Å². The van der Waals surface area contributed by atoms with Crippen molar-refractivity contribution in [2.24, 2.45) is 0 Å². The number of anilines is 1. The monoisotopic (exact) mass is 581 g/mol. The Balaban J connectivity index is 1.38. The summed E-state index contributed by atoms with van der Waals surface area (Å²) in [5.41, 5.74) is 3.96. The summed E-state index contributed by atoms with van der Waals surface area (Å²) in [6.45, 7) is 4.79. The summed E-state index contributed by atoms with van der Waals surface area (Å²) in [4.78, 5) is 38.0. The summed E-state index contributed by atoms with van der Waals surface area (Å²) >= 11 is 3.44. The number of halogens is 1. The van der Waals surface area contributed by atoms with E-state index < -0.39 is 0 Å². The van der Waals surface area contributed by atoms with Gasteiger partial charge in [0.1, 0.15) is 5.75 Å². The lowest BCUT2D eigenvalue weighted by Crippen LogP contribution is -2.49. The van der Waals surface area contributed by atoms with E-state index >= 15 is 0 Å². The van der Waals surface area contributed by atoms with Crippen LogP contribution in [0.25, 0.3) is 10.9 Å². The number of ether oxygens (including phenoxy) is 1. The van der Waals surface area contributed by atoms with Crippen LogP contribution in [0.5, 0.6) is 5.75 Å². The van der Waals surface area contributed by atoms with E-state index in [1.807, 2.05) is 41.3 Å². The second kappa shape index (κ2) is 11.8. The van der Waals surface area contributed by atoms with E-state index in [1.165, 1.54) is 0 Å². The molecule has 200 valence electrons. The highest BCUT2D eigenvalue weighted by Crippen LogP contribution is 2.31. The number of para-hydroxylation sites is 1. The van der Waals surface area contributed by atoms with E-state index in [0.29, 0.717) is 56.1 Å². The van der Waals surface area contributed by atoms with Crippen LogP contribution in [0.3, 0.4) is 0 Å². The Kier molecular flexibility index (Phi) is 8.23. The number of carbonyl (C=O) groups is 2. The van der Waals surface area contributed by atoms with Crippen molar-refractivity contribution >= 4 is 44.3 Å². The van der Waals surface area contributed by atoms with Gasteiger partial charge in [-0.05, 0) is 24.3 Å². The average molecular weight is 582 g/mol. The molecule has 0 aliphatic carbocycles. The molecule has 0 unspecified atom stereocenters. The smallest absolute Gasteiger partial charge is 0.255 e. The molecule has 1 aromatic heterocycles. The van der Waals surface area contributed by atoms with E-state index in [1.54, 1.807) is 13.2 Å². The molecule has 2 N–H and O–H groups in total. The molecule has 2 aliphatic rings. The molecule has 3 aromatic rings. The maximum Gasteiger partial charge on any atom is 0.255 e. The normalized spacial score (nSPS) is 16.3. The number of piperazine rings is 1. The van der Waals surface area contributed by atoms with Crippen LogP contribution in [0.2, 0.25) is 0 Å². The standard InChI is InChI=1S/C28H32BrN5O4/c1-38-25-7-6-19(29)16-24(25)31-26(36)18-33-9-8-23-21(17-33)27(20-4-2-3-5-22(20)30-23)28(37)34-12-10-32(11-13-34)14-15-35/h2-7,16,35H,8-15,17-18H2,1H3,(H,31,36). The van der Waals surface area contributed by atoms with E-state index in [4.69, 9.17) is 9.72 Å². The zero-order valence-corrected chi connectivity index (χ0v) is 23.0. The molecule has 5 rings (SSSR count). The summed E-state index contributed by atoms with van der Waals surface area (Å²) in [6.07, 6.45) is 0.665. The number of methoxy groups -OCH3 is 1. The number of benzene rings is 2. The fourth-order valence-electron chi connectivity index (χ4n) is 5.27. The SMILES string of the molecule is COc1ccc(Br)cc1NC(=O)CN1CCc2nc3ccccc3c(C(=O)N3CCN(CCO)CC3)c2C1. The third-order valence-corrected chi connectivity index (χ3v) is 7.71. The number of rotatable bonds is 7. The van der Waals surface area contributed by atoms with Crippen LogP contribution in [0.1, 0.15) is 21.6 Å². The van der Waals surface area contributed by atoms with E-state index in [-0.39, 0.29) is 25.0 Å². The summed E-state index contributed by atoms with van der Waals surface area (Å²) in [7, 11) is 1.57. The number of nitrogens with zero attached hydrogens (tertiary/aromatic N) is 4. The van der Waals surface area contributed by atoms with Gasteiger partial charge in [0.15, 0.2) is 0 Å². The van der Waals surface area contributed by atoms with Crippen LogP contribution >= 0.6 is 15.9 Å². The number of amides is 2. The molecule has 2 amide bonds. The number of β-amino-alcohol motifs (C(OH)–C–C–N with tert-alkyl or cyclic N) is 1. The second-order valence-corrected chi connectivity index (χ2v) is 10.6. The minimum Gasteiger partial charge on any atom is -0.495 e. The highest BCUT2D eigenvalue weighted by Gasteiger charge is 2.30. The van der Waals surface area contributed by atoms with Crippen LogP contribution < -0.4 is 10.1 Å². The number of hydrogen-bond donors (Lipinski definition) is 2. The number of pyridine rings is 1. The first kappa shape index (κ1) is 26.6. The van der Waals surface area contributed by atoms with Gasteiger partial charge in [-0.2, -0.15) is 0 Å². The number of nitrogens with one attached hydrogen (secondary N) is 1. The topological polar surface area (TPSA) is 98.2 Å². The Morgan fingerprint density at radius 1 is 1.08 bits per heavy atom. The van der Waals surface area contributed by atoms with E-state index in [0.717, 1.165) is 39.7 Å². The van der Waals surface area contributed by atoms with Gasteiger partial charge >= 0.3 is 0 Å². The first-order valence-electron chi connectivity index (χ1n) is 12.9. The Hall–Kier alpha value is -3.05. The van der Waals surface area contributed by atoms with Crippen molar-refractivity contribution in [3.8, 4) is 5.75 Å². The van der Waals surface area contributed by atoms with Crippen molar-refractivity contribution in [3.63, 3.8) is 0 Å². The molecule has 10 heteroatoms. The van der Waals surface area contributed by atoms with Crippen LogP contribution in [-0.4, -0.2) is 96.1 Å². The van der Waals surface area contributed by atoms with Crippen LogP contribution in [0.4, 0.5) is 5.69 Å². The summed E-state index contributed by atoms with van der Waals surface area (Å²) in [6, 6.07) is 13.3. The van der Waals surface area contributed by atoms with Crippen LogP contribution in [0, 0.1) is 0 Å². The van der Waals surface area contributed by atoms with E-state index in [2.05, 4.69) is 31.0 Å². The number of fused-ring (bicyclic) bond motifs is 2. The van der Waals surface area contributed by atoms with Crippen LogP contribution in [0.15, 0.2) is 46.9 Å². The second-order valence-electron chi connectivity index (χ2n) is 9.64. The molecule has 2 aliphatic heterocycles. The van der Waals surface area contributed by atoms with Gasteiger partial charge in [0, 0.05) is 73.4 Å². The van der Waals surface area contributed by atoms with Crippen molar-refractivity contribution in [2.45, 2.75) is 13.0 Å². The number of hydrogen-bond acceptors (Lipinski definition) is 7. The van der Waals surface area contributed by atoms with Gasteiger partial charge in [-0.15, -0.1) is 0 Å². The molecule has 9 nitrogen and oxygen atoms in total. The highest BCUT2D eigenvalue weighted by molar-refractivity contribution is 9.10. The molecular formula is C28H32BrN5O4. The van der Waals surface area contributed by atoms with Gasteiger partial charge in [0.05, 0.1) is 37.0 Å². The summed E-state index contributed by atoms with van der Waals surface area (Å²) in [5.74, 6) is 0.452. The Morgan fingerprint density at radius 3 is 2.63 bits per heavy atom. The third kappa shape index (κ3) is 5.68. The maximum absolute atomic E-state index is 13.9. The number of aromatic nitrogens is 1. The van der Waals surface area contributed by atoms with Crippen molar-refractivity contribution < 1.29 is 19.4 Å². The molecule has 2 aromatic carbocycles. The Labute approximate surface area is 230 Å². The molecule has 0 radical (unpaired) electrons. The molecule has 0 spiro atoms. The molecular weight excluding hydrogens is 550 g/mol. The zero-order chi connectivity index (χ0) is 26.6.